The third kappa shape index (κ3) is 2.36. The van der Waals surface area contributed by atoms with Crippen molar-refractivity contribution in [1.29, 1.82) is 0 Å². The molecule has 1 amide bonds. The zero-order valence-electron chi connectivity index (χ0n) is 9.65. The highest BCUT2D eigenvalue weighted by Gasteiger charge is 2.18. The molecule has 0 spiro atoms. The molecule has 0 bridgehead atoms. The number of fused-ring (bicyclic) bond motifs is 1. The third-order valence-corrected chi connectivity index (χ3v) is 3.09. The number of halogens is 1. The largest absolute Gasteiger partial charge is 0.463 e. The summed E-state index contributed by atoms with van der Waals surface area (Å²) in [7, 11) is 0. The minimum atomic E-state index is 0.0249. The normalized spacial score (nSPS) is 10.7. The van der Waals surface area contributed by atoms with E-state index in [1.165, 1.54) is 0 Å². The molecule has 0 radical (unpaired) electrons. The topological polar surface area (TPSA) is 33.5 Å². The lowest BCUT2D eigenvalue weighted by Crippen LogP contribution is -2.32. The van der Waals surface area contributed by atoms with Crippen LogP contribution in [0.5, 0.6) is 0 Å². The van der Waals surface area contributed by atoms with E-state index in [2.05, 4.69) is 15.9 Å². The van der Waals surface area contributed by atoms with Gasteiger partial charge in [0.1, 0.15) is 11.8 Å². The number of carbonyl (C=O) groups is 1. The van der Waals surface area contributed by atoms with Crippen molar-refractivity contribution in [3.05, 3.63) is 36.1 Å². The molecule has 1 aromatic heterocycles. The van der Waals surface area contributed by atoms with E-state index >= 15 is 0 Å². The predicted molar refractivity (Wildman–Crippen MR) is 71.6 cm³/mol. The minimum absolute atomic E-state index is 0.0249. The van der Waals surface area contributed by atoms with E-state index in [0.29, 0.717) is 18.7 Å². The van der Waals surface area contributed by atoms with Crippen LogP contribution < -0.4 is 0 Å². The number of nitrogens with zero attached hydrogens (tertiary/aromatic N) is 1. The van der Waals surface area contributed by atoms with Gasteiger partial charge < -0.3 is 9.32 Å². The molecule has 1 aromatic carbocycles. The van der Waals surface area contributed by atoms with Gasteiger partial charge >= 0.3 is 0 Å². The van der Waals surface area contributed by atoms with E-state index in [-0.39, 0.29) is 5.91 Å². The maximum absolute atomic E-state index is 12.3. The quantitative estimate of drug-likeness (QED) is 0.811. The van der Waals surface area contributed by atoms with Crippen LogP contribution in [0.25, 0.3) is 11.0 Å². The number of amides is 1. The van der Waals surface area contributed by atoms with Gasteiger partial charge in [-0.05, 0) is 13.0 Å². The van der Waals surface area contributed by atoms with E-state index in [1.54, 1.807) is 11.2 Å². The molecule has 0 saturated heterocycles. The van der Waals surface area contributed by atoms with Gasteiger partial charge in [0.2, 0.25) is 0 Å². The molecule has 0 N–H and O–H groups in total. The summed E-state index contributed by atoms with van der Waals surface area (Å²) in [5.41, 5.74) is 1.40. The highest BCUT2D eigenvalue weighted by molar-refractivity contribution is 9.09. The molecule has 0 unspecified atom stereocenters. The summed E-state index contributed by atoms with van der Waals surface area (Å²) >= 11 is 3.35. The first-order valence-electron chi connectivity index (χ1n) is 5.59. The van der Waals surface area contributed by atoms with Gasteiger partial charge in [0.05, 0.1) is 5.56 Å². The van der Waals surface area contributed by atoms with Gasteiger partial charge in [0.25, 0.3) is 5.91 Å². The zero-order chi connectivity index (χ0) is 12.3. The number of alkyl halides is 1. The SMILES string of the molecule is CCN(CCBr)C(=O)c1coc2ccccc12. The number of furan rings is 1. The second-order valence-electron chi connectivity index (χ2n) is 3.72. The molecule has 17 heavy (non-hydrogen) atoms. The monoisotopic (exact) mass is 295 g/mol. The van der Waals surface area contributed by atoms with E-state index < -0.39 is 0 Å². The van der Waals surface area contributed by atoms with Crippen LogP contribution in [0, 0.1) is 0 Å². The van der Waals surface area contributed by atoms with Gasteiger partial charge in [-0.15, -0.1) is 0 Å². The summed E-state index contributed by atoms with van der Waals surface area (Å²) in [4.78, 5) is 14.1. The predicted octanol–water partition coefficient (Wildman–Crippen LogP) is 3.29. The van der Waals surface area contributed by atoms with Gasteiger partial charge in [0, 0.05) is 23.8 Å². The Hall–Kier alpha value is -1.29. The van der Waals surface area contributed by atoms with Crippen molar-refractivity contribution in [2.45, 2.75) is 6.92 Å². The van der Waals surface area contributed by atoms with Crippen LogP contribution in [-0.4, -0.2) is 29.2 Å². The highest BCUT2D eigenvalue weighted by Crippen LogP contribution is 2.22. The molecule has 2 aromatic rings. The Morgan fingerprint density at radius 3 is 2.88 bits per heavy atom. The Labute approximate surface area is 109 Å². The molecule has 0 aliphatic heterocycles. The molecule has 1 heterocycles. The van der Waals surface area contributed by atoms with Crippen LogP contribution in [0.3, 0.4) is 0 Å². The van der Waals surface area contributed by atoms with Gasteiger partial charge in [0.15, 0.2) is 0 Å². The van der Waals surface area contributed by atoms with Crippen LogP contribution in [0.4, 0.5) is 0 Å². The summed E-state index contributed by atoms with van der Waals surface area (Å²) in [5, 5.41) is 1.66. The molecule has 4 heteroatoms. The molecular weight excluding hydrogens is 282 g/mol. The second kappa shape index (κ2) is 5.36. The average Bonchev–Trinajstić information content (AvgIpc) is 2.79. The van der Waals surface area contributed by atoms with Crippen molar-refractivity contribution in [2.75, 3.05) is 18.4 Å². The van der Waals surface area contributed by atoms with Crippen LogP contribution in [0.1, 0.15) is 17.3 Å². The number of hydrogen-bond donors (Lipinski definition) is 0. The fourth-order valence-corrected chi connectivity index (χ4v) is 2.25. The summed E-state index contributed by atoms with van der Waals surface area (Å²) in [6.45, 7) is 3.38. The molecule has 0 saturated carbocycles. The molecular formula is C13H14BrNO2. The Morgan fingerprint density at radius 2 is 2.18 bits per heavy atom. The lowest BCUT2D eigenvalue weighted by Gasteiger charge is -2.18. The number of benzene rings is 1. The molecule has 3 nitrogen and oxygen atoms in total. The van der Waals surface area contributed by atoms with E-state index in [0.717, 1.165) is 16.3 Å². The van der Waals surface area contributed by atoms with E-state index in [4.69, 9.17) is 4.42 Å². The fraction of sp³-hybridized carbons (Fsp3) is 0.308. The van der Waals surface area contributed by atoms with Gasteiger partial charge in [-0.3, -0.25) is 4.79 Å². The lowest BCUT2D eigenvalue weighted by molar-refractivity contribution is 0.0776. The van der Waals surface area contributed by atoms with E-state index in [1.807, 2.05) is 31.2 Å². The van der Waals surface area contributed by atoms with Crippen LogP contribution in [-0.2, 0) is 0 Å². The molecule has 2 rings (SSSR count). The number of hydrogen-bond acceptors (Lipinski definition) is 2. The van der Waals surface area contributed by atoms with Crippen LogP contribution >= 0.6 is 15.9 Å². The molecule has 0 atom stereocenters. The van der Waals surface area contributed by atoms with Crippen LogP contribution in [0.15, 0.2) is 34.9 Å². The van der Waals surface area contributed by atoms with Gasteiger partial charge in [-0.1, -0.05) is 34.1 Å². The second-order valence-corrected chi connectivity index (χ2v) is 4.51. The lowest BCUT2D eigenvalue weighted by atomic mass is 10.1. The Bertz CT molecular complexity index is 521. The molecule has 0 aliphatic carbocycles. The molecule has 0 fully saturated rings. The molecule has 0 aliphatic rings. The van der Waals surface area contributed by atoms with Gasteiger partial charge in [-0.2, -0.15) is 0 Å². The summed E-state index contributed by atoms with van der Waals surface area (Å²) in [5.74, 6) is 0.0249. The first-order valence-corrected chi connectivity index (χ1v) is 6.71. The maximum Gasteiger partial charge on any atom is 0.257 e. The Morgan fingerprint density at radius 1 is 1.41 bits per heavy atom. The van der Waals surface area contributed by atoms with Gasteiger partial charge in [-0.25, -0.2) is 0 Å². The van der Waals surface area contributed by atoms with Crippen molar-refractivity contribution in [3.63, 3.8) is 0 Å². The zero-order valence-corrected chi connectivity index (χ0v) is 11.2. The first kappa shape index (κ1) is 12.2. The summed E-state index contributed by atoms with van der Waals surface area (Å²) in [6, 6.07) is 7.59. The fourth-order valence-electron chi connectivity index (χ4n) is 1.82. The van der Waals surface area contributed by atoms with Crippen molar-refractivity contribution >= 4 is 32.8 Å². The van der Waals surface area contributed by atoms with E-state index in [9.17, 15) is 4.79 Å². The standard InChI is InChI=1S/C13H14BrNO2/c1-2-15(8-7-14)13(16)11-9-17-12-6-4-3-5-10(11)12/h3-6,9H,2,7-8H2,1H3. The van der Waals surface area contributed by atoms with Crippen molar-refractivity contribution in [2.24, 2.45) is 0 Å². The summed E-state index contributed by atoms with van der Waals surface area (Å²) < 4.78 is 5.38. The van der Waals surface area contributed by atoms with Crippen molar-refractivity contribution in [3.8, 4) is 0 Å². The smallest absolute Gasteiger partial charge is 0.257 e. The van der Waals surface area contributed by atoms with Crippen LogP contribution in [0.2, 0.25) is 0 Å². The number of para-hydroxylation sites is 1. The number of rotatable bonds is 4. The third-order valence-electron chi connectivity index (χ3n) is 2.73. The highest BCUT2D eigenvalue weighted by atomic mass is 79.9. The maximum atomic E-state index is 12.3. The number of carbonyl (C=O) groups excluding carboxylic acids is 1. The van der Waals surface area contributed by atoms with Crippen molar-refractivity contribution < 1.29 is 9.21 Å². The average molecular weight is 296 g/mol. The Kier molecular flexibility index (Phi) is 3.84. The molecule has 90 valence electrons. The Balaban J connectivity index is 2.36. The minimum Gasteiger partial charge on any atom is -0.463 e. The summed E-state index contributed by atoms with van der Waals surface area (Å²) in [6.07, 6.45) is 1.55. The van der Waals surface area contributed by atoms with Crippen molar-refractivity contribution in [1.82, 2.24) is 4.90 Å². The first-order chi connectivity index (χ1) is 8.27.